The molecule has 2 heteroatoms. The fourth-order valence-corrected chi connectivity index (χ4v) is 3.71. The Kier molecular flexibility index (Phi) is 1.91. The van der Waals surface area contributed by atoms with Gasteiger partial charge >= 0.3 is 0 Å². The number of rotatable bonds is 0. The standard InChI is InChI=1S/C15H16NO/c17-14-9-8-10-4-3-6-12-11-5-1-2-7-13(11)16(14)15(10)12/h8-9H,1-7H2. The van der Waals surface area contributed by atoms with Gasteiger partial charge in [-0.3, -0.25) is 9.36 Å². The minimum absolute atomic E-state index is 0.176. The van der Waals surface area contributed by atoms with Crippen LogP contribution in [-0.4, -0.2) is 10.5 Å². The van der Waals surface area contributed by atoms with Gasteiger partial charge in [-0.25, -0.2) is 0 Å². The van der Waals surface area contributed by atoms with Crippen molar-refractivity contribution < 1.29 is 4.79 Å². The molecule has 0 fully saturated rings. The molecule has 1 aliphatic heterocycles. The zero-order valence-electron chi connectivity index (χ0n) is 9.96. The third kappa shape index (κ3) is 1.18. The van der Waals surface area contributed by atoms with Gasteiger partial charge < -0.3 is 0 Å². The van der Waals surface area contributed by atoms with Crippen molar-refractivity contribution in [2.24, 2.45) is 0 Å². The maximum atomic E-state index is 12.1. The van der Waals surface area contributed by atoms with Crippen LogP contribution in [-0.2, 0) is 19.3 Å². The Morgan fingerprint density at radius 1 is 0.941 bits per heavy atom. The molecular weight excluding hydrogens is 210 g/mol. The molecule has 2 heterocycles. The van der Waals surface area contributed by atoms with Crippen molar-refractivity contribution in [3.05, 3.63) is 35.0 Å². The summed E-state index contributed by atoms with van der Waals surface area (Å²) in [6.07, 6.45) is 12.2. The van der Waals surface area contributed by atoms with Crippen LogP contribution in [0, 0.1) is 6.42 Å². The van der Waals surface area contributed by atoms with E-state index in [-0.39, 0.29) is 5.91 Å². The van der Waals surface area contributed by atoms with Gasteiger partial charge in [0.1, 0.15) is 0 Å². The smallest absolute Gasteiger partial charge is 0.239 e. The molecule has 0 saturated heterocycles. The summed E-state index contributed by atoms with van der Waals surface area (Å²) in [6.45, 7) is 0. The Labute approximate surface area is 101 Å². The molecule has 1 radical (unpaired) electrons. The van der Waals surface area contributed by atoms with Crippen molar-refractivity contribution in [2.45, 2.75) is 44.9 Å². The predicted molar refractivity (Wildman–Crippen MR) is 66.9 cm³/mol. The second kappa shape index (κ2) is 3.34. The summed E-state index contributed by atoms with van der Waals surface area (Å²) in [4.78, 5) is 12.1. The normalized spacial score (nSPS) is 21.9. The Hall–Kier alpha value is -1.31. The lowest BCUT2D eigenvalue weighted by atomic mass is 9.86. The average molecular weight is 226 g/mol. The molecule has 1 aromatic heterocycles. The molecule has 2 aliphatic carbocycles. The second-order valence-electron chi connectivity index (χ2n) is 5.35. The van der Waals surface area contributed by atoms with E-state index in [1.807, 2.05) is 10.6 Å². The maximum Gasteiger partial charge on any atom is 0.239 e. The van der Waals surface area contributed by atoms with E-state index in [1.54, 1.807) is 6.42 Å². The second-order valence-corrected chi connectivity index (χ2v) is 5.35. The van der Waals surface area contributed by atoms with Crippen molar-refractivity contribution in [1.82, 2.24) is 4.57 Å². The van der Waals surface area contributed by atoms with Gasteiger partial charge in [-0.1, -0.05) is 6.08 Å². The molecule has 4 rings (SSSR count). The van der Waals surface area contributed by atoms with Gasteiger partial charge in [-0.15, -0.1) is 0 Å². The van der Waals surface area contributed by atoms with Crippen molar-refractivity contribution in [3.63, 3.8) is 0 Å². The van der Waals surface area contributed by atoms with Crippen molar-refractivity contribution in [1.29, 1.82) is 0 Å². The molecule has 0 bridgehead atoms. The number of hydrogen-bond acceptors (Lipinski definition) is 1. The number of allylic oxidation sites excluding steroid dienone is 2. The van der Waals surface area contributed by atoms with Gasteiger partial charge in [0.05, 0.1) is 12.1 Å². The first kappa shape index (κ1) is 9.69. The van der Waals surface area contributed by atoms with E-state index in [0.29, 0.717) is 0 Å². The predicted octanol–water partition coefficient (Wildman–Crippen LogP) is 2.94. The van der Waals surface area contributed by atoms with Crippen LogP contribution in [0.3, 0.4) is 0 Å². The minimum atomic E-state index is 0.176. The van der Waals surface area contributed by atoms with Gasteiger partial charge in [0, 0.05) is 5.69 Å². The number of hydrogen-bond donors (Lipinski definition) is 0. The summed E-state index contributed by atoms with van der Waals surface area (Å²) >= 11 is 0. The SMILES string of the molecule is O=C1[CH]C=C2CCCc3c4c(n1c32)CCCC4. The fraction of sp³-hybridized carbons (Fsp3) is 0.467. The van der Waals surface area contributed by atoms with Gasteiger partial charge in [0.2, 0.25) is 5.91 Å². The van der Waals surface area contributed by atoms with Crippen molar-refractivity contribution >= 4 is 11.5 Å². The first-order valence-corrected chi connectivity index (χ1v) is 6.70. The summed E-state index contributed by atoms with van der Waals surface area (Å²) < 4.78 is 2.03. The lowest BCUT2D eigenvalue weighted by molar-refractivity contribution is 0.0949. The molecule has 87 valence electrons. The molecule has 0 spiro atoms. The van der Waals surface area contributed by atoms with Crippen LogP contribution in [0.4, 0.5) is 0 Å². The van der Waals surface area contributed by atoms with E-state index in [0.717, 1.165) is 12.8 Å². The number of fused-ring (bicyclic) bond motifs is 3. The van der Waals surface area contributed by atoms with Crippen LogP contribution in [0.25, 0.3) is 5.57 Å². The van der Waals surface area contributed by atoms with E-state index in [2.05, 4.69) is 0 Å². The molecule has 0 amide bonds. The van der Waals surface area contributed by atoms with Gasteiger partial charge in [-0.2, -0.15) is 0 Å². The molecule has 3 aliphatic rings. The quantitative estimate of drug-likeness (QED) is 0.666. The Bertz CT molecular complexity index is 548. The van der Waals surface area contributed by atoms with Crippen molar-refractivity contribution in [3.8, 4) is 0 Å². The van der Waals surface area contributed by atoms with Crippen LogP contribution in [0.1, 0.15) is 53.0 Å². The molecule has 1 aromatic rings. The number of carbonyl (C=O) groups is 1. The topological polar surface area (TPSA) is 22.0 Å². The monoisotopic (exact) mass is 226 g/mol. The average Bonchev–Trinajstić information content (AvgIpc) is 2.71. The number of nitrogens with zero attached hydrogens (tertiary/aromatic N) is 1. The zero-order chi connectivity index (χ0) is 11.4. The highest BCUT2D eigenvalue weighted by atomic mass is 16.2. The molecule has 0 N–H and O–H groups in total. The van der Waals surface area contributed by atoms with Gasteiger partial charge in [0.15, 0.2) is 0 Å². The molecule has 17 heavy (non-hydrogen) atoms. The van der Waals surface area contributed by atoms with E-state index in [1.165, 1.54) is 60.2 Å². The third-order valence-electron chi connectivity index (χ3n) is 4.41. The Balaban J connectivity index is 2.06. The largest absolute Gasteiger partial charge is 0.283 e. The van der Waals surface area contributed by atoms with Crippen molar-refractivity contribution in [2.75, 3.05) is 0 Å². The number of carbonyl (C=O) groups excluding carboxylic acids is 1. The maximum absolute atomic E-state index is 12.1. The molecule has 2 nitrogen and oxygen atoms in total. The molecule has 0 atom stereocenters. The fourth-order valence-electron chi connectivity index (χ4n) is 3.71. The highest BCUT2D eigenvalue weighted by Crippen LogP contribution is 2.41. The van der Waals surface area contributed by atoms with Crippen LogP contribution in [0.15, 0.2) is 6.08 Å². The highest BCUT2D eigenvalue weighted by Gasteiger charge is 2.32. The summed E-state index contributed by atoms with van der Waals surface area (Å²) in [5.41, 5.74) is 7.00. The third-order valence-corrected chi connectivity index (χ3v) is 4.41. The van der Waals surface area contributed by atoms with Gasteiger partial charge in [0.25, 0.3) is 0 Å². The number of aromatic nitrogens is 1. The highest BCUT2D eigenvalue weighted by molar-refractivity contribution is 5.98. The van der Waals surface area contributed by atoms with Crippen LogP contribution >= 0.6 is 0 Å². The zero-order valence-corrected chi connectivity index (χ0v) is 9.96. The molecule has 0 saturated carbocycles. The van der Waals surface area contributed by atoms with Crippen LogP contribution in [0.5, 0.6) is 0 Å². The summed E-state index contributed by atoms with van der Waals surface area (Å²) in [6, 6.07) is 0. The summed E-state index contributed by atoms with van der Waals surface area (Å²) in [5.74, 6) is 0.176. The molecule has 0 aromatic carbocycles. The molecular formula is C15H16NO. The van der Waals surface area contributed by atoms with Crippen LogP contribution in [0.2, 0.25) is 0 Å². The van der Waals surface area contributed by atoms with E-state index in [4.69, 9.17) is 0 Å². The summed E-state index contributed by atoms with van der Waals surface area (Å²) in [5, 5.41) is 0. The lowest BCUT2D eigenvalue weighted by Gasteiger charge is -2.22. The molecule has 0 unspecified atom stereocenters. The minimum Gasteiger partial charge on any atom is -0.283 e. The van der Waals surface area contributed by atoms with Gasteiger partial charge in [-0.05, 0) is 61.6 Å². The van der Waals surface area contributed by atoms with Crippen LogP contribution < -0.4 is 0 Å². The van der Waals surface area contributed by atoms with E-state index < -0.39 is 0 Å². The summed E-state index contributed by atoms with van der Waals surface area (Å²) in [7, 11) is 0. The first-order valence-electron chi connectivity index (χ1n) is 6.70. The van der Waals surface area contributed by atoms with E-state index in [9.17, 15) is 4.79 Å². The Morgan fingerprint density at radius 3 is 2.71 bits per heavy atom. The van der Waals surface area contributed by atoms with E-state index >= 15 is 0 Å². The Morgan fingerprint density at radius 2 is 1.76 bits per heavy atom. The lowest BCUT2D eigenvalue weighted by Crippen LogP contribution is -2.21. The first-order chi connectivity index (χ1) is 8.36.